The van der Waals surface area contributed by atoms with Gasteiger partial charge in [-0.05, 0) is 55.5 Å². The van der Waals surface area contributed by atoms with Crippen LogP contribution in [0.5, 0.6) is 0 Å². The predicted octanol–water partition coefficient (Wildman–Crippen LogP) is 3.21. The minimum atomic E-state index is -0.350. The number of nitrogens with zero attached hydrogens (tertiary/aromatic N) is 4. The van der Waals surface area contributed by atoms with E-state index >= 15 is 0 Å². The molecule has 0 bridgehead atoms. The lowest BCUT2D eigenvalue weighted by Crippen LogP contribution is -2.35. The lowest BCUT2D eigenvalue weighted by atomic mass is 10.1. The summed E-state index contributed by atoms with van der Waals surface area (Å²) in [7, 11) is 0. The molecule has 1 aliphatic carbocycles. The number of rotatable bonds is 6. The molecule has 0 amide bonds. The summed E-state index contributed by atoms with van der Waals surface area (Å²) in [6.07, 6.45) is 6.00. The fourth-order valence-electron chi connectivity index (χ4n) is 3.22. The number of anilines is 1. The Balaban J connectivity index is 1.92. The van der Waals surface area contributed by atoms with Gasteiger partial charge in [-0.1, -0.05) is 6.07 Å². The number of nitrogens with one attached hydrogen (secondary N) is 1. The fourth-order valence-corrected chi connectivity index (χ4v) is 3.22. The van der Waals surface area contributed by atoms with Crippen LogP contribution in [0.4, 0.5) is 5.69 Å². The zero-order valence-electron chi connectivity index (χ0n) is 15.9. The zero-order chi connectivity index (χ0) is 20.4. The van der Waals surface area contributed by atoms with Gasteiger partial charge in [0.1, 0.15) is 17.1 Å². The number of nitriles is 1. The predicted molar refractivity (Wildman–Crippen MR) is 108 cm³/mol. The van der Waals surface area contributed by atoms with E-state index in [2.05, 4.69) is 21.5 Å². The summed E-state index contributed by atoms with van der Waals surface area (Å²) in [6.45, 7) is 1.40. The Kier molecular flexibility index (Phi) is 4.92. The third-order valence-corrected chi connectivity index (χ3v) is 4.82. The molecule has 1 saturated carbocycles. The van der Waals surface area contributed by atoms with Crippen molar-refractivity contribution in [3.63, 3.8) is 0 Å². The average molecular weight is 385 g/mol. The summed E-state index contributed by atoms with van der Waals surface area (Å²) < 4.78 is 1.26. The number of carbonyl (C=O) groups is 1. The van der Waals surface area contributed by atoms with Crippen LogP contribution in [0, 0.1) is 17.2 Å². The molecule has 144 valence electrons. The van der Waals surface area contributed by atoms with E-state index in [1.165, 1.54) is 11.6 Å². The normalized spacial score (nSPS) is 13.0. The number of pyridine rings is 1. The van der Waals surface area contributed by atoms with Crippen LogP contribution in [0.2, 0.25) is 0 Å². The highest BCUT2D eigenvalue weighted by molar-refractivity contribution is 5.98. The maximum absolute atomic E-state index is 13.2. The molecule has 0 spiro atoms. The molecule has 1 aliphatic rings. The smallest absolute Gasteiger partial charge is 0.291 e. The van der Waals surface area contributed by atoms with Gasteiger partial charge in [0.15, 0.2) is 5.78 Å². The Morgan fingerprint density at radius 3 is 2.79 bits per heavy atom. The van der Waals surface area contributed by atoms with Gasteiger partial charge in [0.25, 0.3) is 5.56 Å². The molecule has 7 heteroatoms. The molecule has 0 atom stereocenters. The molecule has 1 N–H and O–H groups in total. The number of ketones is 1. The van der Waals surface area contributed by atoms with Crippen molar-refractivity contribution in [3.05, 3.63) is 76.1 Å². The molecule has 1 aromatic carbocycles. The maximum atomic E-state index is 13.2. The summed E-state index contributed by atoms with van der Waals surface area (Å²) in [6, 6.07) is 12.4. The van der Waals surface area contributed by atoms with Gasteiger partial charge in [-0.15, -0.1) is 0 Å². The Hall–Kier alpha value is -3.79. The van der Waals surface area contributed by atoms with Crippen molar-refractivity contribution in [2.75, 3.05) is 5.43 Å². The van der Waals surface area contributed by atoms with Crippen LogP contribution in [-0.2, 0) is 6.42 Å². The molecular formula is C22H19N5O2. The summed E-state index contributed by atoms with van der Waals surface area (Å²) >= 11 is 0. The highest BCUT2D eigenvalue weighted by atomic mass is 16.1. The molecule has 7 nitrogen and oxygen atoms in total. The van der Waals surface area contributed by atoms with Crippen LogP contribution in [-0.4, -0.2) is 20.4 Å². The minimum Gasteiger partial charge on any atom is -0.293 e. The molecule has 0 unspecified atom stereocenters. The summed E-state index contributed by atoms with van der Waals surface area (Å²) in [5.74, 6) is 0.158. The van der Waals surface area contributed by atoms with E-state index < -0.39 is 0 Å². The van der Waals surface area contributed by atoms with Gasteiger partial charge >= 0.3 is 0 Å². The minimum absolute atomic E-state index is 0.157. The third kappa shape index (κ3) is 3.92. The summed E-state index contributed by atoms with van der Waals surface area (Å²) in [5, 5.41) is 9.15. The zero-order valence-corrected chi connectivity index (χ0v) is 15.9. The third-order valence-electron chi connectivity index (χ3n) is 4.82. The van der Waals surface area contributed by atoms with E-state index in [9.17, 15) is 9.59 Å². The standard InChI is InChI=1S/C22H19N5O2/c1-14(28)21-20(17-5-3-9-24-13-17)25-19(11-15-7-8-15)22(29)27(21)26-18-6-2-4-16(10-18)12-23/h2-6,9-10,13,15,26H,7-8,11H2,1H3. The van der Waals surface area contributed by atoms with E-state index in [-0.39, 0.29) is 17.0 Å². The lowest BCUT2D eigenvalue weighted by molar-refractivity contribution is 0.100. The molecule has 1 fully saturated rings. The SMILES string of the molecule is CC(=O)c1c(-c2cccnc2)nc(CC2CC2)c(=O)n1Nc1cccc(C#N)c1. The fraction of sp³-hybridized carbons (Fsp3) is 0.227. The Bertz CT molecular complexity index is 1170. The highest BCUT2D eigenvalue weighted by Crippen LogP contribution is 2.32. The van der Waals surface area contributed by atoms with E-state index in [4.69, 9.17) is 5.26 Å². The number of Topliss-reactive ketones (excluding diaryl/α,β-unsaturated/α-hetero) is 1. The topological polar surface area (TPSA) is 101 Å². The molecule has 4 rings (SSSR count). The Labute approximate surface area is 167 Å². The number of aromatic nitrogens is 3. The van der Waals surface area contributed by atoms with E-state index in [0.29, 0.717) is 40.5 Å². The van der Waals surface area contributed by atoms with Crippen molar-refractivity contribution >= 4 is 11.5 Å². The van der Waals surface area contributed by atoms with Crippen LogP contribution in [0.15, 0.2) is 53.6 Å². The Morgan fingerprint density at radius 2 is 2.14 bits per heavy atom. The van der Waals surface area contributed by atoms with Crippen LogP contribution in [0.1, 0.15) is 41.5 Å². The number of hydrogen-bond acceptors (Lipinski definition) is 6. The summed E-state index contributed by atoms with van der Waals surface area (Å²) in [5.41, 5.74) is 5.31. The molecule has 2 aromatic heterocycles. The first-order chi connectivity index (χ1) is 14.1. The van der Waals surface area contributed by atoms with Crippen molar-refractivity contribution in [1.29, 1.82) is 5.26 Å². The van der Waals surface area contributed by atoms with Gasteiger partial charge in [-0.2, -0.15) is 5.26 Å². The van der Waals surface area contributed by atoms with Crippen molar-refractivity contribution in [1.82, 2.24) is 14.6 Å². The van der Waals surface area contributed by atoms with Gasteiger partial charge < -0.3 is 0 Å². The van der Waals surface area contributed by atoms with Crippen LogP contribution in [0.3, 0.4) is 0 Å². The van der Waals surface area contributed by atoms with Crippen LogP contribution in [0.25, 0.3) is 11.3 Å². The van der Waals surface area contributed by atoms with Crippen LogP contribution < -0.4 is 11.0 Å². The maximum Gasteiger partial charge on any atom is 0.291 e. The van der Waals surface area contributed by atoms with E-state index in [0.717, 1.165) is 12.8 Å². The second-order valence-corrected chi connectivity index (χ2v) is 7.15. The molecular weight excluding hydrogens is 366 g/mol. The first kappa shape index (κ1) is 18.6. The van der Waals surface area contributed by atoms with Crippen molar-refractivity contribution < 1.29 is 4.79 Å². The number of hydrogen-bond donors (Lipinski definition) is 1. The van der Waals surface area contributed by atoms with E-state index in [1.807, 2.05) is 6.07 Å². The summed E-state index contributed by atoms with van der Waals surface area (Å²) in [4.78, 5) is 34.5. The average Bonchev–Trinajstić information content (AvgIpc) is 3.55. The molecule has 0 aliphatic heterocycles. The molecule has 3 aromatic rings. The molecule has 29 heavy (non-hydrogen) atoms. The first-order valence-corrected chi connectivity index (χ1v) is 9.41. The molecule has 0 saturated heterocycles. The van der Waals surface area contributed by atoms with Crippen molar-refractivity contribution in [2.45, 2.75) is 26.2 Å². The monoisotopic (exact) mass is 385 g/mol. The first-order valence-electron chi connectivity index (χ1n) is 9.41. The second kappa shape index (κ2) is 7.68. The highest BCUT2D eigenvalue weighted by Gasteiger charge is 2.27. The van der Waals surface area contributed by atoms with Crippen molar-refractivity contribution in [3.8, 4) is 17.3 Å². The second-order valence-electron chi connectivity index (χ2n) is 7.15. The van der Waals surface area contributed by atoms with Crippen molar-refractivity contribution in [2.24, 2.45) is 5.92 Å². The van der Waals surface area contributed by atoms with Gasteiger partial charge in [0, 0.05) is 24.9 Å². The molecule has 2 heterocycles. The van der Waals surface area contributed by atoms with Gasteiger partial charge in [0.2, 0.25) is 0 Å². The number of benzene rings is 1. The quantitative estimate of drug-likeness (QED) is 0.654. The van der Waals surface area contributed by atoms with E-state index in [1.54, 1.807) is 42.7 Å². The van der Waals surface area contributed by atoms with Gasteiger partial charge in [-0.25, -0.2) is 9.66 Å². The lowest BCUT2D eigenvalue weighted by Gasteiger charge is -2.18. The number of carbonyl (C=O) groups excluding carboxylic acids is 1. The molecule has 0 radical (unpaired) electrons. The largest absolute Gasteiger partial charge is 0.293 e. The van der Waals surface area contributed by atoms with Crippen LogP contribution >= 0.6 is 0 Å². The van der Waals surface area contributed by atoms with Gasteiger partial charge in [0.05, 0.1) is 17.3 Å². The van der Waals surface area contributed by atoms with Gasteiger partial charge in [-0.3, -0.25) is 20.0 Å². The Morgan fingerprint density at radius 1 is 1.31 bits per heavy atom.